The molecular weight excluding hydrogens is 262 g/mol. The molecule has 0 radical (unpaired) electrons. The van der Waals surface area contributed by atoms with Crippen LogP contribution in [-0.2, 0) is 9.84 Å². The molecule has 0 saturated carbocycles. The lowest BCUT2D eigenvalue weighted by Gasteiger charge is -2.04. The highest BCUT2D eigenvalue weighted by Crippen LogP contribution is 2.05. The maximum atomic E-state index is 11.5. The van der Waals surface area contributed by atoms with E-state index < -0.39 is 9.84 Å². The lowest BCUT2D eigenvalue weighted by Crippen LogP contribution is -2.11. The van der Waals surface area contributed by atoms with Gasteiger partial charge >= 0.3 is 0 Å². The van der Waals surface area contributed by atoms with Crippen molar-refractivity contribution in [3.63, 3.8) is 0 Å². The lowest BCUT2D eigenvalue weighted by atomic mass is 10.2. The number of aliphatic hydroxyl groups is 1. The Balaban J connectivity index is 0. The molecule has 0 aliphatic carbocycles. The zero-order chi connectivity index (χ0) is 12.3. The van der Waals surface area contributed by atoms with E-state index in [0.717, 1.165) is 32.1 Å². The van der Waals surface area contributed by atoms with E-state index in [-0.39, 0.29) is 24.8 Å². The highest BCUT2D eigenvalue weighted by Gasteiger charge is 2.09. The van der Waals surface area contributed by atoms with Gasteiger partial charge in [0, 0.05) is 6.61 Å². The standard InChI is InChI=1S/C11H25NO3S.ClH/c12-8-4-1-2-6-10-16(14,15)11-7-3-5-9-13;/h13H,1-12H2;1H. The van der Waals surface area contributed by atoms with E-state index in [4.69, 9.17) is 10.8 Å². The van der Waals surface area contributed by atoms with Crippen molar-refractivity contribution in [3.8, 4) is 0 Å². The van der Waals surface area contributed by atoms with Crippen molar-refractivity contribution in [1.29, 1.82) is 0 Å². The third-order valence-corrected chi connectivity index (χ3v) is 4.34. The van der Waals surface area contributed by atoms with Crippen LogP contribution in [0, 0.1) is 0 Å². The summed E-state index contributed by atoms with van der Waals surface area (Å²) in [5.74, 6) is 0.570. The quantitative estimate of drug-likeness (QED) is 0.565. The fourth-order valence-corrected chi connectivity index (χ4v) is 3.02. The van der Waals surface area contributed by atoms with Gasteiger partial charge in [0.2, 0.25) is 0 Å². The topological polar surface area (TPSA) is 80.4 Å². The molecule has 0 spiro atoms. The monoisotopic (exact) mass is 287 g/mol. The van der Waals surface area contributed by atoms with Gasteiger partial charge in [-0.1, -0.05) is 19.3 Å². The lowest BCUT2D eigenvalue weighted by molar-refractivity contribution is 0.284. The molecule has 0 aromatic rings. The Morgan fingerprint density at radius 3 is 1.76 bits per heavy atom. The number of halogens is 1. The highest BCUT2D eigenvalue weighted by molar-refractivity contribution is 7.91. The van der Waals surface area contributed by atoms with Gasteiger partial charge < -0.3 is 10.8 Å². The number of rotatable bonds is 11. The maximum absolute atomic E-state index is 11.5. The van der Waals surface area contributed by atoms with Crippen LogP contribution in [0.5, 0.6) is 0 Å². The Labute approximate surface area is 111 Å². The van der Waals surface area contributed by atoms with Gasteiger partial charge in [-0.3, -0.25) is 0 Å². The fourth-order valence-electron chi connectivity index (χ4n) is 1.53. The summed E-state index contributed by atoms with van der Waals surface area (Å²) in [7, 11) is -2.86. The second-order valence-electron chi connectivity index (χ2n) is 4.14. The van der Waals surface area contributed by atoms with Crippen molar-refractivity contribution in [3.05, 3.63) is 0 Å². The molecule has 17 heavy (non-hydrogen) atoms. The molecule has 0 fully saturated rings. The predicted octanol–water partition coefficient (Wildman–Crippen LogP) is 1.50. The first-order valence-corrected chi connectivity index (χ1v) is 7.96. The van der Waals surface area contributed by atoms with Gasteiger partial charge in [-0.25, -0.2) is 8.42 Å². The van der Waals surface area contributed by atoms with Crippen LogP contribution in [-0.4, -0.2) is 38.2 Å². The normalized spacial score (nSPS) is 11.2. The van der Waals surface area contributed by atoms with E-state index in [1.807, 2.05) is 0 Å². The molecule has 0 heterocycles. The third-order valence-electron chi connectivity index (χ3n) is 2.52. The maximum Gasteiger partial charge on any atom is 0.150 e. The molecule has 0 aliphatic heterocycles. The Hall–Kier alpha value is 0.160. The molecule has 0 saturated heterocycles. The fraction of sp³-hybridized carbons (Fsp3) is 1.00. The van der Waals surface area contributed by atoms with Gasteiger partial charge in [0.25, 0.3) is 0 Å². The second-order valence-corrected chi connectivity index (χ2v) is 6.44. The summed E-state index contributed by atoms with van der Waals surface area (Å²) in [4.78, 5) is 0. The van der Waals surface area contributed by atoms with Gasteiger partial charge in [-0.2, -0.15) is 0 Å². The van der Waals surface area contributed by atoms with Crippen LogP contribution in [0.3, 0.4) is 0 Å². The molecule has 0 rings (SSSR count). The first-order valence-electron chi connectivity index (χ1n) is 6.14. The van der Waals surface area contributed by atoms with Gasteiger partial charge in [0.05, 0.1) is 11.5 Å². The molecule has 3 N–H and O–H groups in total. The molecule has 0 bridgehead atoms. The summed E-state index contributed by atoms with van der Waals surface area (Å²) in [5, 5.41) is 8.56. The van der Waals surface area contributed by atoms with Crippen molar-refractivity contribution >= 4 is 22.2 Å². The number of aliphatic hydroxyl groups excluding tert-OH is 1. The summed E-state index contributed by atoms with van der Waals surface area (Å²) in [5.41, 5.74) is 5.35. The van der Waals surface area contributed by atoms with E-state index in [9.17, 15) is 8.42 Å². The molecule has 0 amide bonds. The van der Waals surface area contributed by atoms with Crippen LogP contribution in [0.15, 0.2) is 0 Å². The van der Waals surface area contributed by atoms with Crippen LogP contribution in [0.4, 0.5) is 0 Å². The summed E-state index contributed by atoms with van der Waals surface area (Å²) >= 11 is 0. The van der Waals surface area contributed by atoms with Gasteiger partial charge in [0.1, 0.15) is 9.84 Å². The van der Waals surface area contributed by atoms with Crippen LogP contribution in [0.2, 0.25) is 0 Å². The molecule has 0 atom stereocenters. The molecule has 106 valence electrons. The number of unbranched alkanes of at least 4 members (excludes halogenated alkanes) is 5. The number of hydrogen-bond acceptors (Lipinski definition) is 4. The van der Waals surface area contributed by atoms with E-state index >= 15 is 0 Å². The minimum absolute atomic E-state index is 0. The van der Waals surface area contributed by atoms with E-state index in [1.165, 1.54) is 0 Å². The van der Waals surface area contributed by atoms with Crippen LogP contribution in [0.25, 0.3) is 0 Å². The summed E-state index contributed by atoms with van der Waals surface area (Å²) in [6, 6.07) is 0. The largest absolute Gasteiger partial charge is 0.396 e. The van der Waals surface area contributed by atoms with E-state index in [0.29, 0.717) is 25.1 Å². The highest BCUT2D eigenvalue weighted by atomic mass is 35.5. The van der Waals surface area contributed by atoms with Gasteiger partial charge in [-0.15, -0.1) is 12.4 Å². The van der Waals surface area contributed by atoms with Gasteiger partial charge in [-0.05, 0) is 32.2 Å². The molecule has 0 unspecified atom stereocenters. The zero-order valence-corrected chi connectivity index (χ0v) is 12.1. The number of nitrogens with two attached hydrogens (primary N) is 1. The van der Waals surface area contributed by atoms with E-state index in [2.05, 4.69) is 0 Å². The molecule has 0 aliphatic rings. The van der Waals surface area contributed by atoms with Crippen LogP contribution < -0.4 is 5.73 Å². The molecule has 0 aromatic heterocycles. The first kappa shape index (κ1) is 19.5. The Kier molecular flexibility index (Phi) is 14.5. The number of hydrogen-bond donors (Lipinski definition) is 2. The Bertz CT molecular complexity index is 245. The van der Waals surface area contributed by atoms with Crippen molar-refractivity contribution in [1.82, 2.24) is 0 Å². The van der Waals surface area contributed by atoms with Crippen molar-refractivity contribution < 1.29 is 13.5 Å². The second kappa shape index (κ2) is 12.6. The first-order chi connectivity index (χ1) is 7.62. The summed E-state index contributed by atoms with van der Waals surface area (Å²) < 4.78 is 23.1. The molecular formula is C11H26ClNO3S. The van der Waals surface area contributed by atoms with Crippen LogP contribution in [0.1, 0.15) is 44.9 Å². The molecule has 4 nitrogen and oxygen atoms in total. The minimum atomic E-state index is -2.86. The molecule has 6 heteroatoms. The smallest absolute Gasteiger partial charge is 0.150 e. The van der Waals surface area contributed by atoms with Crippen LogP contribution >= 0.6 is 12.4 Å². The summed E-state index contributed by atoms with van der Waals surface area (Å²) in [6.45, 7) is 0.840. The SMILES string of the molecule is Cl.NCCCCCCS(=O)(=O)CCCCCO. The average Bonchev–Trinajstić information content (AvgIpc) is 2.24. The van der Waals surface area contributed by atoms with Crippen molar-refractivity contribution in [2.75, 3.05) is 24.7 Å². The van der Waals surface area contributed by atoms with Crippen molar-refractivity contribution in [2.45, 2.75) is 44.9 Å². The Morgan fingerprint density at radius 1 is 0.824 bits per heavy atom. The zero-order valence-electron chi connectivity index (χ0n) is 10.4. The van der Waals surface area contributed by atoms with Gasteiger partial charge in [0.15, 0.2) is 0 Å². The van der Waals surface area contributed by atoms with Crippen molar-refractivity contribution in [2.24, 2.45) is 5.73 Å². The minimum Gasteiger partial charge on any atom is -0.396 e. The third kappa shape index (κ3) is 14.1. The predicted molar refractivity (Wildman–Crippen MR) is 74.4 cm³/mol. The number of sulfone groups is 1. The van der Waals surface area contributed by atoms with E-state index in [1.54, 1.807) is 0 Å². The molecule has 0 aromatic carbocycles. The summed E-state index contributed by atoms with van der Waals surface area (Å²) in [6.07, 6.45) is 5.88. The average molecular weight is 288 g/mol. The Morgan fingerprint density at radius 2 is 1.29 bits per heavy atom.